The summed E-state index contributed by atoms with van der Waals surface area (Å²) in [5.41, 5.74) is -0.119. The van der Waals surface area contributed by atoms with Crippen LogP contribution in [0.1, 0.15) is 39.5 Å². The number of nitrogens with one attached hydrogen (secondary N) is 1. The minimum Gasteiger partial charge on any atom is -0.507 e. The molecule has 11 nitrogen and oxygen atoms in total. The molecule has 1 aromatic carbocycles. The fourth-order valence-electron chi connectivity index (χ4n) is 7.42. The molecular formula is C27H31F3N4O7. The molecule has 1 amide bonds. The number of hydrogen-bond donors (Lipinski definition) is 4. The summed E-state index contributed by atoms with van der Waals surface area (Å²) in [5, 5.41) is 25.5. The van der Waals surface area contributed by atoms with Crippen molar-refractivity contribution in [2.45, 2.75) is 36.7 Å². The highest BCUT2D eigenvalue weighted by molar-refractivity contribution is 6.32. The van der Waals surface area contributed by atoms with Crippen molar-refractivity contribution in [3.8, 4) is 5.75 Å². The van der Waals surface area contributed by atoms with Crippen LogP contribution >= 0.6 is 0 Å². The summed E-state index contributed by atoms with van der Waals surface area (Å²) in [5.74, 6) is -13.4. The summed E-state index contributed by atoms with van der Waals surface area (Å²) in [4.78, 5) is 69.3. The number of phenolic OH excluding ortho intramolecular Hbond substituents is 1. The van der Waals surface area contributed by atoms with E-state index in [9.17, 15) is 47.4 Å². The summed E-state index contributed by atoms with van der Waals surface area (Å²) in [6, 6.07) is -1.26. The highest BCUT2D eigenvalue weighted by Gasteiger charge is 2.69. The van der Waals surface area contributed by atoms with Crippen LogP contribution in [0.4, 0.5) is 13.2 Å². The van der Waals surface area contributed by atoms with E-state index in [-0.39, 0.29) is 18.5 Å². The molecule has 41 heavy (non-hydrogen) atoms. The molecule has 222 valence electrons. The molecule has 4 aliphatic rings. The Morgan fingerprint density at radius 2 is 1.85 bits per heavy atom. The first-order chi connectivity index (χ1) is 19.0. The number of halogens is 3. The third-order valence-electron chi connectivity index (χ3n) is 9.13. The first-order valence-corrected chi connectivity index (χ1v) is 13.2. The van der Waals surface area contributed by atoms with Crippen LogP contribution in [0.15, 0.2) is 6.07 Å². The normalized spacial score (nSPS) is 34.3. The van der Waals surface area contributed by atoms with Crippen molar-refractivity contribution in [2.24, 2.45) is 29.4 Å². The number of alkyl halides is 3. The lowest BCUT2D eigenvalue weighted by Gasteiger charge is -2.52. The number of amides is 1. The van der Waals surface area contributed by atoms with Crippen LogP contribution in [-0.4, -0.2) is 101 Å². The van der Waals surface area contributed by atoms with Gasteiger partial charge in [-0.2, -0.15) is 13.2 Å². The van der Waals surface area contributed by atoms with Crippen LogP contribution in [0.25, 0.3) is 0 Å². The molecule has 1 aliphatic heterocycles. The van der Waals surface area contributed by atoms with Crippen molar-refractivity contribution in [3.05, 3.63) is 28.3 Å². The van der Waals surface area contributed by atoms with Gasteiger partial charge in [-0.1, -0.05) is 0 Å². The predicted molar refractivity (Wildman–Crippen MR) is 135 cm³/mol. The Balaban J connectivity index is 1.67. The Morgan fingerprint density at radius 3 is 2.41 bits per heavy atom. The number of carbonyl (C=O) groups excluding carboxylic acids is 5. The number of fused-ring (bicyclic) bond motifs is 3. The van der Waals surface area contributed by atoms with Gasteiger partial charge in [-0.05, 0) is 57.1 Å². The number of hydrogen-bond acceptors (Lipinski definition) is 10. The van der Waals surface area contributed by atoms with Gasteiger partial charge in [0, 0.05) is 31.6 Å². The maximum absolute atomic E-state index is 14.7. The van der Waals surface area contributed by atoms with Gasteiger partial charge in [-0.25, -0.2) is 0 Å². The molecular weight excluding hydrogens is 549 g/mol. The number of benzene rings is 1. The molecule has 7 atom stereocenters. The Bertz CT molecular complexity index is 1380. The van der Waals surface area contributed by atoms with E-state index >= 15 is 0 Å². The highest BCUT2D eigenvalue weighted by Crippen LogP contribution is 2.53. The van der Waals surface area contributed by atoms with Gasteiger partial charge in [-0.15, -0.1) is 0 Å². The maximum Gasteiger partial charge on any atom is 0.417 e. The fraction of sp³-hybridized carbons (Fsp3) is 0.593. The average molecular weight is 581 g/mol. The molecule has 7 unspecified atom stereocenters. The summed E-state index contributed by atoms with van der Waals surface area (Å²) in [6.07, 6.45) is -5.73. The molecule has 5 rings (SSSR count). The molecule has 14 heteroatoms. The molecule has 1 aromatic rings. The Labute approximate surface area is 232 Å². The Hall–Kier alpha value is -3.20. The average Bonchev–Trinajstić information content (AvgIpc) is 2.84. The number of nitrogens with two attached hydrogens (primary N) is 1. The van der Waals surface area contributed by atoms with Crippen molar-refractivity contribution in [3.63, 3.8) is 0 Å². The standard InChI is InChI=1S/C27H31F3N4O7/c1-33(2)20-13-7-10-6-12-17(15(35)8-11(19(12)27(28,29)30)14-9-34(3)5-4-32-14)21(36)16(10)23(38)26(13,41)24(39)18(22(20)37)25(31)40/h8,10,13-14,16,18,20,32,35,41H,4-7,9H2,1-3H3,(H2,31,40). The lowest BCUT2D eigenvalue weighted by Crippen LogP contribution is -2.74. The number of carbonyl (C=O) groups is 5. The second-order valence-electron chi connectivity index (χ2n) is 11.8. The first kappa shape index (κ1) is 29.3. The minimum atomic E-state index is -4.92. The second kappa shape index (κ2) is 9.68. The molecule has 3 fully saturated rings. The van der Waals surface area contributed by atoms with E-state index in [0.717, 1.165) is 6.07 Å². The molecule has 0 bridgehead atoms. The molecule has 3 aliphatic carbocycles. The third-order valence-corrected chi connectivity index (χ3v) is 9.13. The van der Waals surface area contributed by atoms with Crippen molar-refractivity contribution < 1.29 is 47.4 Å². The van der Waals surface area contributed by atoms with Crippen LogP contribution in [0.5, 0.6) is 5.75 Å². The van der Waals surface area contributed by atoms with Crippen LogP contribution in [0, 0.1) is 23.7 Å². The van der Waals surface area contributed by atoms with Crippen molar-refractivity contribution in [2.75, 3.05) is 40.8 Å². The number of Topliss-reactive ketones (excluding diaryl/α,β-unsaturated/α-hetero) is 4. The molecule has 0 aromatic heterocycles. The van der Waals surface area contributed by atoms with Gasteiger partial charge in [0.05, 0.1) is 23.1 Å². The van der Waals surface area contributed by atoms with E-state index in [1.54, 1.807) is 7.05 Å². The second-order valence-corrected chi connectivity index (χ2v) is 11.8. The number of piperazine rings is 1. The van der Waals surface area contributed by atoms with Crippen LogP contribution in [0.2, 0.25) is 0 Å². The zero-order valence-corrected chi connectivity index (χ0v) is 22.6. The van der Waals surface area contributed by atoms with Gasteiger partial charge in [0.1, 0.15) is 5.75 Å². The smallest absolute Gasteiger partial charge is 0.417 e. The molecule has 0 radical (unpaired) electrons. The lowest BCUT2D eigenvalue weighted by atomic mass is 9.52. The first-order valence-electron chi connectivity index (χ1n) is 13.2. The number of aliphatic hydroxyl groups is 1. The summed E-state index contributed by atoms with van der Waals surface area (Å²) in [7, 11) is 4.60. The number of aromatic hydroxyl groups is 1. The van der Waals surface area contributed by atoms with Crippen LogP contribution < -0.4 is 11.1 Å². The SMILES string of the molecule is CN1CCNC(c2cc(O)c3c(c2C(F)(F)F)CC2CC4C(N(C)C)C(=O)C(C(N)=O)C(=O)C4(O)C(=O)C2C3=O)C1. The zero-order chi connectivity index (χ0) is 30.3. The molecule has 5 N–H and O–H groups in total. The number of rotatable bonds is 3. The van der Waals surface area contributed by atoms with Gasteiger partial charge >= 0.3 is 6.18 Å². The van der Waals surface area contributed by atoms with Crippen molar-refractivity contribution in [1.82, 2.24) is 15.1 Å². The molecule has 1 heterocycles. The summed E-state index contributed by atoms with van der Waals surface area (Å²) < 4.78 is 44.1. The van der Waals surface area contributed by atoms with E-state index in [0.29, 0.717) is 13.1 Å². The van der Waals surface area contributed by atoms with Gasteiger partial charge in [0.25, 0.3) is 0 Å². The van der Waals surface area contributed by atoms with Crippen molar-refractivity contribution in [1.29, 1.82) is 0 Å². The largest absolute Gasteiger partial charge is 0.507 e. The van der Waals surface area contributed by atoms with E-state index in [1.165, 1.54) is 19.0 Å². The van der Waals surface area contributed by atoms with Gasteiger partial charge < -0.3 is 26.2 Å². The van der Waals surface area contributed by atoms with E-state index in [2.05, 4.69) is 5.32 Å². The van der Waals surface area contributed by atoms with E-state index in [4.69, 9.17) is 5.73 Å². The number of nitrogens with zero attached hydrogens (tertiary/aromatic N) is 2. The van der Waals surface area contributed by atoms with Crippen LogP contribution in [0.3, 0.4) is 0 Å². The quantitative estimate of drug-likeness (QED) is 0.341. The molecule has 2 saturated carbocycles. The highest BCUT2D eigenvalue weighted by atomic mass is 19.4. The predicted octanol–water partition coefficient (Wildman–Crippen LogP) is -0.538. The fourth-order valence-corrected chi connectivity index (χ4v) is 7.42. The Kier molecular flexibility index (Phi) is 6.92. The number of phenols is 1. The number of primary amides is 1. The Morgan fingerprint density at radius 1 is 1.20 bits per heavy atom. The lowest BCUT2D eigenvalue weighted by molar-refractivity contribution is -0.181. The summed E-state index contributed by atoms with van der Waals surface area (Å²) in [6.45, 7) is 1.21. The monoisotopic (exact) mass is 580 g/mol. The molecule has 1 saturated heterocycles. The van der Waals surface area contributed by atoms with Gasteiger partial charge in [0.2, 0.25) is 5.91 Å². The van der Waals surface area contributed by atoms with Crippen LogP contribution in [-0.2, 0) is 31.8 Å². The summed E-state index contributed by atoms with van der Waals surface area (Å²) >= 11 is 0. The maximum atomic E-state index is 14.7. The third kappa shape index (κ3) is 4.22. The van der Waals surface area contributed by atoms with Crippen molar-refractivity contribution >= 4 is 29.0 Å². The number of likely N-dealkylation sites (N-methyl/N-ethyl adjacent to an activating group) is 2. The zero-order valence-electron chi connectivity index (χ0n) is 22.6. The minimum absolute atomic E-state index is 0.213. The topological polar surface area (TPSA) is 170 Å². The van der Waals surface area contributed by atoms with Gasteiger partial charge in [-0.3, -0.25) is 28.9 Å². The number of ketones is 4. The van der Waals surface area contributed by atoms with Gasteiger partial charge in [0.15, 0.2) is 34.7 Å². The van der Waals surface area contributed by atoms with E-state index in [1.807, 2.05) is 4.90 Å². The molecule has 0 spiro atoms. The van der Waals surface area contributed by atoms with E-state index < -0.39 is 105 Å².